The van der Waals surface area contributed by atoms with Crippen LogP contribution in [-0.2, 0) is 6.54 Å². The molecule has 2 unspecified atom stereocenters. The summed E-state index contributed by atoms with van der Waals surface area (Å²) in [6, 6.07) is 6.23. The van der Waals surface area contributed by atoms with Gasteiger partial charge in [-0.05, 0) is 37.8 Å². The Bertz CT molecular complexity index is 439. The molecule has 1 nitrogen and oxygen atoms in total. The maximum absolute atomic E-state index is 13.8. The van der Waals surface area contributed by atoms with Gasteiger partial charge in [-0.25, -0.2) is 4.39 Å². The molecule has 2 bridgehead atoms. The van der Waals surface area contributed by atoms with Gasteiger partial charge in [-0.3, -0.25) is 4.90 Å². The summed E-state index contributed by atoms with van der Waals surface area (Å²) in [7, 11) is 0. The quantitative estimate of drug-likeness (QED) is 0.727. The standard InChI is InChI=1S/C14H16BrClFN/c15-10-5-12-3-4-13(6-10)18(12)8-9-1-2-11(16)7-14(9)17/h1-2,7,10,12-13H,3-6,8H2. The Balaban J connectivity index is 1.77. The molecule has 4 heteroatoms. The van der Waals surface area contributed by atoms with E-state index in [2.05, 4.69) is 20.8 Å². The minimum absolute atomic E-state index is 0.178. The molecule has 2 fully saturated rings. The fourth-order valence-electron chi connectivity index (χ4n) is 3.31. The van der Waals surface area contributed by atoms with Crippen molar-refractivity contribution in [3.05, 3.63) is 34.6 Å². The van der Waals surface area contributed by atoms with Gasteiger partial charge in [0.1, 0.15) is 5.82 Å². The highest BCUT2D eigenvalue weighted by Gasteiger charge is 2.39. The van der Waals surface area contributed by atoms with Gasteiger partial charge < -0.3 is 0 Å². The number of nitrogens with zero attached hydrogens (tertiary/aromatic N) is 1. The molecule has 1 aromatic carbocycles. The molecule has 0 N–H and O–H groups in total. The van der Waals surface area contributed by atoms with Gasteiger partial charge in [0.25, 0.3) is 0 Å². The zero-order valence-corrected chi connectivity index (χ0v) is 12.4. The summed E-state index contributed by atoms with van der Waals surface area (Å²) < 4.78 is 13.8. The first-order chi connectivity index (χ1) is 8.63. The van der Waals surface area contributed by atoms with Crippen molar-refractivity contribution in [2.45, 2.75) is 49.1 Å². The van der Waals surface area contributed by atoms with Crippen LogP contribution in [0.1, 0.15) is 31.2 Å². The first-order valence-electron chi connectivity index (χ1n) is 6.47. The molecule has 0 saturated carbocycles. The third kappa shape index (κ3) is 2.45. The Labute approximate surface area is 120 Å². The summed E-state index contributed by atoms with van der Waals surface area (Å²) in [4.78, 5) is 3.12. The second-order valence-electron chi connectivity index (χ2n) is 5.36. The first kappa shape index (κ1) is 12.9. The SMILES string of the molecule is Fc1cc(Cl)ccc1CN1C2CCC1CC(Br)C2. The monoisotopic (exact) mass is 331 g/mol. The van der Waals surface area contributed by atoms with Crippen molar-refractivity contribution in [1.29, 1.82) is 0 Å². The van der Waals surface area contributed by atoms with E-state index in [9.17, 15) is 4.39 Å². The largest absolute Gasteiger partial charge is 0.293 e. The Morgan fingerprint density at radius 2 is 1.94 bits per heavy atom. The number of alkyl halides is 1. The van der Waals surface area contributed by atoms with E-state index in [1.807, 2.05) is 6.07 Å². The van der Waals surface area contributed by atoms with Crippen molar-refractivity contribution in [3.63, 3.8) is 0 Å². The van der Waals surface area contributed by atoms with Crippen LogP contribution < -0.4 is 0 Å². The minimum Gasteiger partial charge on any atom is -0.293 e. The summed E-state index contributed by atoms with van der Waals surface area (Å²) in [6.07, 6.45) is 4.88. The van der Waals surface area contributed by atoms with Crippen molar-refractivity contribution in [1.82, 2.24) is 4.90 Å². The van der Waals surface area contributed by atoms with Crippen molar-refractivity contribution >= 4 is 27.5 Å². The average molecular weight is 333 g/mol. The number of rotatable bonds is 2. The van der Waals surface area contributed by atoms with Crippen LogP contribution in [0.25, 0.3) is 0 Å². The molecule has 0 aliphatic carbocycles. The third-order valence-electron chi connectivity index (χ3n) is 4.19. The average Bonchev–Trinajstić information content (AvgIpc) is 2.56. The molecule has 2 aliphatic heterocycles. The van der Waals surface area contributed by atoms with Gasteiger partial charge in [0, 0.05) is 34.0 Å². The minimum atomic E-state index is -0.178. The molecule has 2 saturated heterocycles. The summed E-state index contributed by atoms with van der Waals surface area (Å²) >= 11 is 9.52. The fraction of sp³-hybridized carbons (Fsp3) is 0.571. The molecular formula is C14H16BrClFN. The van der Waals surface area contributed by atoms with Crippen LogP contribution in [0.5, 0.6) is 0 Å². The van der Waals surface area contributed by atoms with Crippen molar-refractivity contribution < 1.29 is 4.39 Å². The van der Waals surface area contributed by atoms with Crippen LogP contribution in [-0.4, -0.2) is 21.8 Å². The van der Waals surface area contributed by atoms with Crippen LogP contribution in [0, 0.1) is 5.82 Å². The number of hydrogen-bond donors (Lipinski definition) is 0. The molecule has 0 radical (unpaired) electrons. The van der Waals surface area contributed by atoms with Crippen LogP contribution in [0.15, 0.2) is 18.2 Å². The van der Waals surface area contributed by atoms with Gasteiger partial charge in [-0.2, -0.15) is 0 Å². The molecular weight excluding hydrogens is 317 g/mol. The van der Waals surface area contributed by atoms with Gasteiger partial charge in [-0.15, -0.1) is 0 Å². The third-order valence-corrected chi connectivity index (χ3v) is 5.18. The van der Waals surface area contributed by atoms with Gasteiger partial charge in [-0.1, -0.05) is 33.6 Å². The second kappa shape index (κ2) is 5.10. The maximum Gasteiger partial charge on any atom is 0.129 e. The molecule has 0 aromatic heterocycles. The fourth-order valence-corrected chi connectivity index (χ4v) is 4.33. The van der Waals surface area contributed by atoms with Crippen LogP contribution in [0.4, 0.5) is 4.39 Å². The normalized spacial score (nSPS) is 31.8. The van der Waals surface area contributed by atoms with Gasteiger partial charge in [0.2, 0.25) is 0 Å². The van der Waals surface area contributed by atoms with E-state index in [-0.39, 0.29) is 5.82 Å². The number of hydrogen-bond acceptors (Lipinski definition) is 1. The topological polar surface area (TPSA) is 3.24 Å². The van der Waals surface area contributed by atoms with E-state index in [0.717, 1.165) is 12.1 Å². The van der Waals surface area contributed by atoms with Gasteiger partial charge >= 0.3 is 0 Å². The number of halogens is 3. The predicted molar refractivity (Wildman–Crippen MR) is 75.7 cm³/mol. The Morgan fingerprint density at radius 1 is 1.28 bits per heavy atom. The Hall–Kier alpha value is -0.120. The zero-order valence-electron chi connectivity index (χ0n) is 10.1. The van der Waals surface area contributed by atoms with E-state index in [0.29, 0.717) is 21.9 Å². The highest BCUT2D eigenvalue weighted by atomic mass is 79.9. The summed E-state index contributed by atoms with van der Waals surface area (Å²) in [5.41, 5.74) is 0.768. The molecule has 18 heavy (non-hydrogen) atoms. The van der Waals surface area contributed by atoms with Crippen molar-refractivity contribution in [2.75, 3.05) is 0 Å². The van der Waals surface area contributed by atoms with Gasteiger partial charge in [0.05, 0.1) is 0 Å². The lowest BCUT2D eigenvalue weighted by molar-refractivity contribution is 0.135. The Kier molecular flexibility index (Phi) is 3.65. The highest BCUT2D eigenvalue weighted by molar-refractivity contribution is 9.09. The van der Waals surface area contributed by atoms with Crippen molar-refractivity contribution in [2.24, 2.45) is 0 Å². The van der Waals surface area contributed by atoms with Gasteiger partial charge in [0.15, 0.2) is 0 Å². The molecule has 0 amide bonds. The lowest BCUT2D eigenvalue weighted by atomic mass is 10.0. The van der Waals surface area contributed by atoms with E-state index < -0.39 is 0 Å². The van der Waals surface area contributed by atoms with E-state index in [4.69, 9.17) is 11.6 Å². The summed E-state index contributed by atoms with van der Waals surface area (Å²) in [6.45, 7) is 0.720. The number of piperidine rings is 1. The van der Waals surface area contributed by atoms with Crippen LogP contribution in [0.3, 0.4) is 0 Å². The first-order valence-corrected chi connectivity index (χ1v) is 7.76. The van der Waals surface area contributed by atoms with E-state index in [1.165, 1.54) is 31.7 Å². The highest BCUT2D eigenvalue weighted by Crippen LogP contribution is 2.39. The molecule has 0 spiro atoms. The summed E-state index contributed by atoms with van der Waals surface area (Å²) in [5.74, 6) is -0.178. The predicted octanol–water partition coefficient (Wildman–Crippen LogP) is 4.37. The molecule has 2 aliphatic rings. The smallest absolute Gasteiger partial charge is 0.129 e. The van der Waals surface area contributed by atoms with E-state index >= 15 is 0 Å². The summed E-state index contributed by atoms with van der Waals surface area (Å²) in [5, 5.41) is 0.471. The Morgan fingerprint density at radius 3 is 2.56 bits per heavy atom. The number of fused-ring (bicyclic) bond motifs is 2. The lowest BCUT2D eigenvalue weighted by Crippen LogP contribution is -2.42. The lowest BCUT2D eigenvalue weighted by Gasteiger charge is -2.37. The number of benzene rings is 1. The van der Waals surface area contributed by atoms with Crippen LogP contribution >= 0.6 is 27.5 Å². The van der Waals surface area contributed by atoms with E-state index in [1.54, 1.807) is 6.07 Å². The molecule has 98 valence electrons. The molecule has 2 atom stereocenters. The zero-order chi connectivity index (χ0) is 12.7. The second-order valence-corrected chi connectivity index (χ2v) is 7.09. The maximum atomic E-state index is 13.8. The molecule has 3 rings (SSSR count). The molecule has 1 aromatic rings. The molecule has 2 heterocycles. The van der Waals surface area contributed by atoms with Crippen molar-refractivity contribution in [3.8, 4) is 0 Å². The van der Waals surface area contributed by atoms with Crippen LogP contribution in [0.2, 0.25) is 5.02 Å².